The second-order valence-electron chi connectivity index (χ2n) is 6.31. The molecule has 0 saturated carbocycles. The van der Waals surface area contributed by atoms with Crippen molar-refractivity contribution >= 4 is 12.0 Å². The number of aromatic nitrogens is 4. The van der Waals surface area contributed by atoms with E-state index in [0.717, 1.165) is 12.1 Å². The molecule has 2 aliphatic rings. The van der Waals surface area contributed by atoms with E-state index in [0.29, 0.717) is 31.8 Å². The predicted molar refractivity (Wildman–Crippen MR) is 86.1 cm³/mol. The number of tetrazole rings is 1. The number of carbonyl (C=O) groups is 2. The third-order valence-corrected chi connectivity index (χ3v) is 5.01. The van der Waals surface area contributed by atoms with E-state index in [4.69, 9.17) is 4.74 Å². The van der Waals surface area contributed by atoms with Gasteiger partial charge in [-0.15, -0.1) is 5.10 Å². The van der Waals surface area contributed by atoms with E-state index in [1.807, 2.05) is 6.92 Å². The Morgan fingerprint density at radius 2 is 2.08 bits per heavy atom. The van der Waals surface area contributed by atoms with Crippen molar-refractivity contribution in [2.45, 2.75) is 18.9 Å². The smallest absolute Gasteiger partial charge is 0.410 e. The Labute approximate surface area is 144 Å². The Bertz CT molecular complexity index is 791. The van der Waals surface area contributed by atoms with Crippen LogP contribution in [0.3, 0.4) is 0 Å². The van der Waals surface area contributed by atoms with E-state index in [1.54, 1.807) is 34.1 Å². The Balaban J connectivity index is 1.52. The van der Waals surface area contributed by atoms with Crippen LogP contribution in [0.25, 0.3) is 5.69 Å². The summed E-state index contributed by atoms with van der Waals surface area (Å²) in [5, 5.41) is 11.0. The Morgan fingerprint density at radius 3 is 2.76 bits per heavy atom. The zero-order valence-electron chi connectivity index (χ0n) is 13.8. The maximum Gasteiger partial charge on any atom is 0.410 e. The molecule has 1 unspecified atom stereocenters. The molecular formula is C16H18N6O3. The number of piperazine rings is 1. The first-order chi connectivity index (χ1) is 12.1. The maximum atomic E-state index is 12.9. The molecule has 0 bridgehead atoms. The molecule has 9 nitrogen and oxygen atoms in total. The fraction of sp³-hybridized carbons (Fsp3) is 0.438. The van der Waals surface area contributed by atoms with Gasteiger partial charge in [-0.25, -0.2) is 9.48 Å². The van der Waals surface area contributed by atoms with Gasteiger partial charge in [-0.2, -0.15) is 0 Å². The molecule has 2 fully saturated rings. The lowest BCUT2D eigenvalue weighted by molar-refractivity contribution is 0.0362. The molecule has 0 radical (unpaired) electrons. The minimum absolute atomic E-state index is 0.0462. The zero-order valence-corrected chi connectivity index (χ0v) is 13.8. The Hall–Kier alpha value is -2.97. The summed E-state index contributed by atoms with van der Waals surface area (Å²) >= 11 is 0. The summed E-state index contributed by atoms with van der Waals surface area (Å²) in [5.74, 6) is -0.0462. The molecule has 130 valence electrons. The minimum atomic E-state index is -0.405. The Kier molecular flexibility index (Phi) is 3.63. The average Bonchev–Trinajstić information content (AvgIpc) is 3.30. The van der Waals surface area contributed by atoms with Crippen molar-refractivity contribution in [3.63, 3.8) is 0 Å². The number of rotatable bonds is 3. The van der Waals surface area contributed by atoms with Crippen LogP contribution < -0.4 is 0 Å². The number of carbonyl (C=O) groups excluding carboxylic acids is 2. The number of benzene rings is 1. The minimum Gasteiger partial charge on any atom is -0.447 e. The lowest BCUT2D eigenvalue weighted by Crippen LogP contribution is -2.62. The molecule has 1 aromatic heterocycles. The first-order valence-corrected chi connectivity index (χ1v) is 8.20. The standard InChI is InChI=1S/C16H18N6O3/c1-2-16-9-20(7-8-21(16)15(24)25-10-16)14(23)12-3-5-13(6-4-12)22-11-17-18-19-22/h3-6,11H,2,7-10H2,1H3. The van der Waals surface area contributed by atoms with Crippen LogP contribution in [0.1, 0.15) is 23.7 Å². The van der Waals surface area contributed by atoms with Crippen LogP contribution in [0.5, 0.6) is 0 Å². The normalized spacial score (nSPS) is 22.7. The van der Waals surface area contributed by atoms with Gasteiger partial charge >= 0.3 is 6.09 Å². The van der Waals surface area contributed by atoms with Crippen molar-refractivity contribution in [2.24, 2.45) is 0 Å². The van der Waals surface area contributed by atoms with E-state index < -0.39 is 5.54 Å². The number of hydrogen-bond acceptors (Lipinski definition) is 6. The van der Waals surface area contributed by atoms with Crippen molar-refractivity contribution in [2.75, 3.05) is 26.2 Å². The molecule has 9 heteroatoms. The monoisotopic (exact) mass is 342 g/mol. The van der Waals surface area contributed by atoms with E-state index in [2.05, 4.69) is 15.5 Å². The number of hydrogen-bond donors (Lipinski definition) is 0. The van der Waals surface area contributed by atoms with Crippen LogP contribution in [0, 0.1) is 0 Å². The van der Waals surface area contributed by atoms with Crippen LogP contribution in [-0.2, 0) is 4.74 Å². The number of fused-ring (bicyclic) bond motifs is 1. The lowest BCUT2D eigenvalue weighted by atomic mass is 9.92. The number of nitrogens with zero attached hydrogens (tertiary/aromatic N) is 6. The van der Waals surface area contributed by atoms with Crippen molar-refractivity contribution in [3.8, 4) is 5.69 Å². The first-order valence-electron chi connectivity index (χ1n) is 8.20. The molecule has 0 N–H and O–H groups in total. The SMILES string of the molecule is CCC12COC(=O)N1CCN(C(=O)c1ccc(-n3cnnn3)cc1)C2. The van der Waals surface area contributed by atoms with Gasteiger partial charge < -0.3 is 9.64 Å². The largest absolute Gasteiger partial charge is 0.447 e. The van der Waals surface area contributed by atoms with Crippen LogP contribution in [0.4, 0.5) is 4.79 Å². The maximum absolute atomic E-state index is 12.9. The molecule has 4 rings (SSSR count). The summed E-state index contributed by atoms with van der Waals surface area (Å²) in [5.41, 5.74) is 0.977. The van der Waals surface area contributed by atoms with Crippen LogP contribution in [0.15, 0.2) is 30.6 Å². The summed E-state index contributed by atoms with van der Waals surface area (Å²) < 4.78 is 6.74. The van der Waals surface area contributed by atoms with Gasteiger partial charge in [0.25, 0.3) is 5.91 Å². The molecule has 2 saturated heterocycles. The fourth-order valence-corrected chi connectivity index (χ4v) is 3.46. The highest BCUT2D eigenvalue weighted by atomic mass is 16.6. The molecule has 0 spiro atoms. The molecule has 1 aromatic carbocycles. The average molecular weight is 342 g/mol. The van der Waals surface area contributed by atoms with Gasteiger partial charge in [0.05, 0.1) is 11.2 Å². The quantitative estimate of drug-likeness (QED) is 0.816. The third kappa shape index (κ3) is 2.51. The summed E-state index contributed by atoms with van der Waals surface area (Å²) in [6.07, 6.45) is 1.97. The number of cyclic esters (lactones) is 1. The second-order valence-corrected chi connectivity index (χ2v) is 6.31. The highest BCUT2D eigenvalue weighted by Crippen LogP contribution is 2.32. The van der Waals surface area contributed by atoms with Gasteiger partial charge in [0, 0.05) is 25.2 Å². The molecular weight excluding hydrogens is 324 g/mol. The molecule has 25 heavy (non-hydrogen) atoms. The van der Waals surface area contributed by atoms with Crippen molar-refractivity contribution in [1.29, 1.82) is 0 Å². The molecule has 2 aromatic rings. The predicted octanol–water partition coefficient (Wildman–Crippen LogP) is 0.719. The van der Waals surface area contributed by atoms with Crippen LogP contribution >= 0.6 is 0 Å². The zero-order chi connectivity index (χ0) is 17.4. The van der Waals surface area contributed by atoms with E-state index in [9.17, 15) is 9.59 Å². The Morgan fingerprint density at radius 1 is 1.28 bits per heavy atom. The molecule has 2 aliphatic heterocycles. The van der Waals surface area contributed by atoms with Gasteiger partial charge in [-0.3, -0.25) is 9.69 Å². The summed E-state index contributed by atoms with van der Waals surface area (Å²) in [7, 11) is 0. The van der Waals surface area contributed by atoms with Gasteiger partial charge in [-0.1, -0.05) is 6.92 Å². The second kappa shape index (κ2) is 5.83. The molecule has 1 atom stereocenters. The van der Waals surface area contributed by atoms with Crippen molar-refractivity contribution in [3.05, 3.63) is 36.2 Å². The topological polar surface area (TPSA) is 93.5 Å². The van der Waals surface area contributed by atoms with Crippen molar-refractivity contribution < 1.29 is 14.3 Å². The molecule has 0 aliphatic carbocycles. The lowest BCUT2D eigenvalue weighted by Gasteiger charge is -2.44. The van der Waals surface area contributed by atoms with Crippen LogP contribution in [0.2, 0.25) is 0 Å². The van der Waals surface area contributed by atoms with Gasteiger partial charge in [0.15, 0.2) is 0 Å². The van der Waals surface area contributed by atoms with Gasteiger partial charge in [0.1, 0.15) is 12.9 Å². The summed E-state index contributed by atoms with van der Waals surface area (Å²) in [6, 6.07) is 7.14. The van der Waals surface area contributed by atoms with Crippen molar-refractivity contribution in [1.82, 2.24) is 30.0 Å². The van der Waals surface area contributed by atoms with Gasteiger partial charge in [0.2, 0.25) is 0 Å². The van der Waals surface area contributed by atoms with E-state index in [-0.39, 0.29) is 12.0 Å². The van der Waals surface area contributed by atoms with Gasteiger partial charge in [-0.05, 0) is 41.1 Å². The van der Waals surface area contributed by atoms with E-state index >= 15 is 0 Å². The molecule has 3 heterocycles. The van der Waals surface area contributed by atoms with Crippen LogP contribution in [-0.4, -0.2) is 73.8 Å². The van der Waals surface area contributed by atoms with E-state index in [1.165, 1.54) is 11.0 Å². The summed E-state index contributed by atoms with van der Waals surface area (Å²) in [4.78, 5) is 28.3. The highest BCUT2D eigenvalue weighted by Gasteiger charge is 2.50. The molecule has 2 amide bonds. The highest BCUT2D eigenvalue weighted by molar-refractivity contribution is 5.94. The third-order valence-electron chi connectivity index (χ3n) is 5.01. The fourth-order valence-electron chi connectivity index (χ4n) is 3.46. The summed E-state index contributed by atoms with van der Waals surface area (Å²) in [6.45, 7) is 3.85. The number of ether oxygens (including phenoxy) is 1. The number of amides is 2. The first kappa shape index (κ1) is 15.6.